The van der Waals surface area contributed by atoms with Crippen molar-refractivity contribution in [1.29, 1.82) is 0 Å². The molecule has 306 valence electrons. The van der Waals surface area contributed by atoms with Crippen molar-refractivity contribution < 1.29 is 38.3 Å². The molecule has 0 radical (unpaired) electrons. The molecule has 2 aromatic heterocycles. The summed E-state index contributed by atoms with van der Waals surface area (Å²) in [5.74, 6) is -3.76. The van der Waals surface area contributed by atoms with Gasteiger partial charge < -0.3 is 29.1 Å². The predicted molar refractivity (Wildman–Crippen MR) is 208 cm³/mol. The number of aromatic amines is 2. The number of nitrogens with one attached hydrogen (secondary N) is 2. The number of likely N-dealkylation sites (tertiary alicyclic amines) is 2. The lowest BCUT2D eigenvalue weighted by Gasteiger charge is -2.31. The first-order valence-electron chi connectivity index (χ1n) is 19.0. The molecule has 2 aliphatic heterocycles. The number of piperidine rings is 2. The molecule has 6 rings (SSSR count). The Bertz CT molecular complexity index is 2030. The van der Waals surface area contributed by atoms with Crippen molar-refractivity contribution in [3.05, 3.63) is 105 Å². The van der Waals surface area contributed by atoms with E-state index in [4.69, 9.17) is 19.1 Å². The number of hydrogen-bond donors (Lipinski definition) is 2. The molecule has 2 fully saturated rings. The van der Waals surface area contributed by atoms with Crippen LogP contribution in [0.4, 0.5) is 11.4 Å². The summed E-state index contributed by atoms with van der Waals surface area (Å²) in [5.41, 5.74) is 0.666. The highest BCUT2D eigenvalue weighted by atomic mass is 16.8. The summed E-state index contributed by atoms with van der Waals surface area (Å²) in [5, 5.41) is 1.28. The lowest BCUT2D eigenvalue weighted by molar-refractivity contribution is -0.171. The normalized spacial score (nSPS) is 15.3. The van der Waals surface area contributed by atoms with E-state index in [0.29, 0.717) is 47.8 Å². The fourth-order valence-electron chi connectivity index (χ4n) is 6.75. The van der Waals surface area contributed by atoms with Gasteiger partial charge in [-0.15, -0.1) is 10.1 Å². The average Bonchev–Trinajstić information content (AvgIpc) is 3.23. The summed E-state index contributed by atoms with van der Waals surface area (Å²) < 4.78 is 12.2. The number of carbonyl (C=O) groups excluding carboxylic acids is 4. The van der Waals surface area contributed by atoms with Gasteiger partial charge in [0, 0.05) is 51.7 Å². The van der Waals surface area contributed by atoms with Crippen LogP contribution in [0.15, 0.2) is 82.9 Å². The van der Waals surface area contributed by atoms with Gasteiger partial charge in [0.1, 0.15) is 34.3 Å². The van der Waals surface area contributed by atoms with Crippen LogP contribution in [0.5, 0.6) is 11.5 Å². The minimum atomic E-state index is -1.56. The standard InChI is InChI=1S/C40H46N8O10/c1-27(49)47(33-7-3-5-9-35(33)55-25-29-11-19-45(20-12-29)23-31-37(51)43-17-15-41-31)57-39(53)40(54)58-48(28(2)50)34-8-4-6-10-36(34)56-26-30-13-21-46(22-14-30)24-32-38(52)44-18-16-42-32/h3-10,15-18,29-30H,11-14,19-26H2,1-2H3,(H,43,51)(H,44,52). The number of hydrogen-bond acceptors (Lipinski definition) is 14. The van der Waals surface area contributed by atoms with Crippen LogP contribution in [-0.4, -0.2) is 92.9 Å². The summed E-state index contributed by atoms with van der Waals surface area (Å²) in [6.45, 7) is 6.73. The third-order valence-electron chi connectivity index (χ3n) is 9.93. The smallest absolute Gasteiger partial charge is 0.444 e. The molecule has 4 aromatic rings. The third kappa shape index (κ3) is 10.9. The van der Waals surface area contributed by atoms with E-state index in [-0.39, 0.29) is 45.8 Å². The number of para-hydroxylation sites is 4. The molecular weight excluding hydrogens is 752 g/mol. The van der Waals surface area contributed by atoms with Crippen LogP contribution in [-0.2, 0) is 41.9 Å². The van der Waals surface area contributed by atoms with Gasteiger partial charge in [0.05, 0.1) is 13.2 Å². The van der Waals surface area contributed by atoms with Crippen molar-refractivity contribution in [3.63, 3.8) is 0 Å². The number of ether oxygens (including phenoxy) is 2. The number of rotatable bonds is 12. The number of anilines is 2. The van der Waals surface area contributed by atoms with Gasteiger partial charge in [0.2, 0.25) is 0 Å². The van der Waals surface area contributed by atoms with Crippen molar-refractivity contribution in [2.24, 2.45) is 11.8 Å². The van der Waals surface area contributed by atoms with Crippen molar-refractivity contribution in [3.8, 4) is 11.5 Å². The number of amides is 2. The Labute approximate surface area is 333 Å². The van der Waals surface area contributed by atoms with E-state index in [2.05, 4.69) is 29.7 Å². The van der Waals surface area contributed by atoms with Crippen LogP contribution in [0.2, 0.25) is 0 Å². The highest BCUT2D eigenvalue weighted by molar-refractivity contribution is 6.30. The maximum Gasteiger partial charge on any atom is 0.444 e. The lowest BCUT2D eigenvalue weighted by atomic mass is 9.97. The van der Waals surface area contributed by atoms with Gasteiger partial charge >= 0.3 is 11.9 Å². The highest BCUT2D eigenvalue weighted by Crippen LogP contribution is 2.32. The maximum atomic E-state index is 13.1. The van der Waals surface area contributed by atoms with E-state index in [1.54, 1.807) is 48.8 Å². The van der Waals surface area contributed by atoms with Crippen LogP contribution < -0.4 is 30.7 Å². The number of benzene rings is 2. The van der Waals surface area contributed by atoms with Crippen LogP contribution in [0, 0.1) is 11.8 Å². The number of H-pyrrole nitrogens is 2. The zero-order valence-corrected chi connectivity index (χ0v) is 32.3. The van der Waals surface area contributed by atoms with Gasteiger partial charge in [-0.2, -0.15) is 0 Å². The summed E-state index contributed by atoms with van der Waals surface area (Å²) in [6.07, 6.45) is 9.29. The van der Waals surface area contributed by atoms with E-state index in [1.807, 2.05) is 0 Å². The van der Waals surface area contributed by atoms with Crippen LogP contribution >= 0.6 is 0 Å². The first-order chi connectivity index (χ1) is 28.0. The minimum absolute atomic E-state index is 0.0846. The largest absolute Gasteiger partial charge is 0.491 e. The number of carbonyl (C=O) groups is 4. The van der Waals surface area contributed by atoms with Gasteiger partial charge in [-0.25, -0.2) is 9.59 Å². The van der Waals surface area contributed by atoms with E-state index in [1.165, 1.54) is 24.5 Å². The lowest BCUT2D eigenvalue weighted by Crippen LogP contribution is -2.40. The van der Waals surface area contributed by atoms with Gasteiger partial charge in [-0.3, -0.25) is 38.9 Å². The van der Waals surface area contributed by atoms with E-state index < -0.39 is 23.8 Å². The topological polar surface area (TPSA) is 210 Å². The van der Waals surface area contributed by atoms with Crippen molar-refractivity contribution in [2.75, 3.05) is 49.5 Å². The molecule has 0 atom stereocenters. The van der Waals surface area contributed by atoms with Crippen LogP contribution in [0.1, 0.15) is 50.9 Å². The third-order valence-corrected chi connectivity index (χ3v) is 9.93. The second-order valence-corrected chi connectivity index (χ2v) is 14.1. The Morgan fingerprint density at radius 1 is 0.638 bits per heavy atom. The molecule has 0 saturated carbocycles. The molecule has 18 heteroatoms. The monoisotopic (exact) mass is 798 g/mol. The summed E-state index contributed by atoms with van der Waals surface area (Å²) in [7, 11) is 0. The van der Waals surface area contributed by atoms with Crippen LogP contribution in [0.3, 0.4) is 0 Å². The second-order valence-electron chi connectivity index (χ2n) is 14.1. The van der Waals surface area contributed by atoms with Crippen LogP contribution in [0.25, 0.3) is 0 Å². The van der Waals surface area contributed by atoms with Gasteiger partial charge in [0.25, 0.3) is 22.9 Å². The Balaban J connectivity index is 1.02. The molecule has 2 aliphatic rings. The highest BCUT2D eigenvalue weighted by Gasteiger charge is 2.32. The molecule has 0 spiro atoms. The summed E-state index contributed by atoms with van der Waals surface area (Å²) in [6, 6.07) is 12.9. The molecule has 2 aromatic carbocycles. The molecule has 0 unspecified atom stereocenters. The Kier molecular flexibility index (Phi) is 14.0. The molecule has 18 nitrogen and oxygen atoms in total. The van der Waals surface area contributed by atoms with E-state index in [9.17, 15) is 28.8 Å². The fraction of sp³-hybridized carbons (Fsp3) is 0.400. The van der Waals surface area contributed by atoms with Gasteiger partial charge in [0.15, 0.2) is 0 Å². The number of aromatic nitrogens is 4. The fourth-order valence-corrected chi connectivity index (χ4v) is 6.75. The van der Waals surface area contributed by atoms with Crippen molar-refractivity contribution in [1.82, 2.24) is 29.7 Å². The molecule has 4 heterocycles. The predicted octanol–water partition coefficient (Wildman–Crippen LogP) is 2.76. The number of hydroxylamine groups is 2. The zero-order chi connectivity index (χ0) is 41.0. The van der Waals surface area contributed by atoms with E-state index >= 15 is 0 Å². The average molecular weight is 799 g/mol. The quantitative estimate of drug-likeness (QED) is 0.156. The Hall–Kier alpha value is -6.40. The zero-order valence-electron chi connectivity index (χ0n) is 32.3. The molecular formula is C40H46N8O10. The second kappa shape index (κ2) is 19.6. The maximum absolute atomic E-state index is 13.1. The Morgan fingerprint density at radius 2 is 1.02 bits per heavy atom. The number of nitrogens with zero attached hydrogens (tertiary/aromatic N) is 6. The molecule has 2 N–H and O–H groups in total. The first-order valence-corrected chi connectivity index (χ1v) is 19.0. The van der Waals surface area contributed by atoms with Crippen molar-refractivity contribution in [2.45, 2.75) is 52.6 Å². The Morgan fingerprint density at radius 3 is 1.38 bits per heavy atom. The summed E-state index contributed by atoms with van der Waals surface area (Å²) >= 11 is 0. The molecule has 0 aliphatic carbocycles. The SMILES string of the molecule is CC(=O)N(OC(=O)C(=O)ON(C(C)=O)c1ccccc1OCC1CCN(Cc2ncc[nH]c2=O)CC1)c1ccccc1OCC1CCN(Cc2ncc[nH]c2=O)CC1. The molecule has 2 amide bonds. The van der Waals surface area contributed by atoms with Gasteiger partial charge in [-0.05, 0) is 88.0 Å². The molecule has 58 heavy (non-hydrogen) atoms. The minimum Gasteiger partial charge on any atom is -0.491 e. The first kappa shape index (κ1) is 41.2. The summed E-state index contributed by atoms with van der Waals surface area (Å²) in [4.78, 5) is 104. The molecule has 0 bridgehead atoms. The molecule has 2 saturated heterocycles. The van der Waals surface area contributed by atoms with Crippen molar-refractivity contribution >= 4 is 35.1 Å². The van der Waals surface area contributed by atoms with E-state index in [0.717, 1.165) is 65.7 Å². The van der Waals surface area contributed by atoms with Gasteiger partial charge in [-0.1, -0.05) is 24.3 Å².